The summed E-state index contributed by atoms with van der Waals surface area (Å²) >= 11 is 17.1. The molecule has 1 aliphatic heterocycles. The van der Waals surface area contributed by atoms with Crippen molar-refractivity contribution in [2.45, 2.75) is 12.3 Å². The maximum atomic E-state index is 12.3. The van der Waals surface area contributed by atoms with Crippen LogP contribution < -0.4 is 10.9 Å². The van der Waals surface area contributed by atoms with E-state index < -0.39 is 5.92 Å². The number of carbonyl (C=O) groups excluding carboxylic acids is 1. The molecule has 2 heterocycles. The van der Waals surface area contributed by atoms with Crippen LogP contribution in [0.1, 0.15) is 23.5 Å². The number of fused-ring (bicyclic) bond motifs is 1. The van der Waals surface area contributed by atoms with Crippen LogP contribution in [0, 0.1) is 4.77 Å². The molecule has 0 bridgehead atoms. The highest BCUT2D eigenvalue weighted by Gasteiger charge is 2.31. The fraction of sp³-hybridized carbons (Fsp3) is 0.214. The molecule has 0 saturated heterocycles. The summed E-state index contributed by atoms with van der Waals surface area (Å²) in [4.78, 5) is 27.0. The molecule has 22 heavy (non-hydrogen) atoms. The highest BCUT2D eigenvalue weighted by Crippen LogP contribution is 2.36. The van der Waals surface area contributed by atoms with E-state index in [1.807, 2.05) is 0 Å². The Labute approximate surface area is 140 Å². The number of amides is 1. The normalized spacial score (nSPS) is 17.0. The molecule has 1 atom stereocenters. The molecule has 0 saturated carbocycles. The Bertz CT molecular complexity index is 904. The van der Waals surface area contributed by atoms with Gasteiger partial charge in [0.05, 0.1) is 15.6 Å². The van der Waals surface area contributed by atoms with Crippen molar-refractivity contribution in [3.63, 3.8) is 0 Å². The van der Waals surface area contributed by atoms with Crippen LogP contribution in [0.4, 0.5) is 5.82 Å². The van der Waals surface area contributed by atoms with Gasteiger partial charge in [0.2, 0.25) is 5.91 Å². The van der Waals surface area contributed by atoms with Crippen molar-refractivity contribution < 1.29 is 4.79 Å². The zero-order valence-corrected chi connectivity index (χ0v) is 13.8. The Kier molecular flexibility index (Phi) is 3.84. The molecule has 3 rings (SSSR count). The minimum Gasteiger partial charge on any atom is -0.312 e. The molecule has 0 spiro atoms. The van der Waals surface area contributed by atoms with E-state index in [9.17, 15) is 9.59 Å². The summed E-state index contributed by atoms with van der Waals surface area (Å²) in [6, 6.07) is 5.10. The van der Waals surface area contributed by atoms with Gasteiger partial charge in [0.1, 0.15) is 5.82 Å². The van der Waals surface area contributed by atoms with Gasteiger partial charge < -0.3 is 9.88 Å². The van der Waals surface area contributed by atoms with Gasteiger partial charge in [-0.05, 0) is 29.9 Å². The first-order valence-corrected chi connectivity index (χ1v) is 7.63. The summed E-state index contributed by atoms with van der Waals surface area (Å²) in [5.74, 6) is -0.163. The number of hydrogen-bond acceptors (Lipinski definition) is 3. The van der Waals surface area contributed by atoms with Crippen molar-refractivity contribution in [3.05, 3.63) is 54.5 Å². The zero-order valence-electron chi connectivity index (χ0n) is 11.4. The highest BCUT2D eigenvalue weighted by atomic mass is 35.5. The van der Waals surface area contributed by atoms with Crippen LogP contribution >= 0.6 is 35.4 Å². The number of carbonyl (C=O) groups is 1. The Morgan fingerprint density at radius 2 is 2.00 bits per heavy atom. The van der Waals surface area contributed by atoms with Crippen molar-refractivity contribution in [2.24, 2.45) is 7.05 Å². The number of aromatic amines is 1. The van der Waals surface area contributed by atoms with Crippen molar-refractivity contribution in [3.8, 4) is 0 Å². The van der Waals surface area contributed by atoms with E-state index in [0.717, 1.165) is 5.56 Å². The molecule has 0 aliphatic carbocycles. The molecule has 2 aromatic rings. The van der Waals surface area contributed by atoms with Crippen molar-refractivity contribution in [2.75, 3.05) is 5.32 Å². The molecule has 1 aromatic carbocycles. The van der Waals surface area contributed by atoms with Crippen molar-refractivity contribution in [1.29, 1.82) is 0 Å². The van der Waals surface area contributed by atoms with E-state index in [1.54, 1.807) is 29.8 Å². The second-order valence-corrected chi connectivity index (χ2v) is 6.26. The second kappa shape index (κ2) is 5.53. The minimum atomic E-state index is -0.399. The summed E-state index contributed by atoms with van der Waals surface area (Å²) in [7, 11) is 1.69. The van der Waals surface area contributed by atoms with E-state index in [-0.39, 0.29) is 22.7 Å². The summed E-state index contributed by atoms with van der Waals surface area (Å²) < 4.78 is 1.83. The molecule has 2 N–H and O–H groups in total. The van der Waals surface area contributed by atoms with E-state index in [1.165, 1.54) is 0 Å². The van der Waals surface area contributed by atoms with Gasteiger partial charge >= 0.3 is 0 Å². The number of aromatic nitrogens is 2. The molecule has 1 aliphatic rings. The van der Waals surface area contributed by atoms with Crippen molar-refractivity contribution >= 4 is 47.1 Å². The highest BCUT2D eigenvalue weighted by molar-refractivity contribution is 7.71. The Balaban J connectivity index is 2.26. The molecular weight excluding hydrogens is 345 g/mol. The first-order valence-electron chi connectivity index (χ1n) is 6.46. The van der Waals surface area contributed by atoms with Crippen LogP contribution in [-0.4, -0.2) is 15.5 Å². The molecule has 1 amide bonds. The maximum absolute atomic E-state index is 12.3. The number of H-pyrrole nitrogens is 1. The summed E-state index contributed by atoms with van der Waals surface area (Å²) in [5, 5.41) is 3.52. The Morgan fingerprint density at radius 1 is 1.27 bits per heavy atom. The van der Waals surface area contributed by atoms with Gasteiger partial charge in [-0.25, -0.2) is 0 Å². The molecule has 114 valence electrons. The third-order valence-corrected chi connectivity index (χ3v) is 4.82. The van der Waals surface area contributed by atoms with Crippen LogP contribution in [0.3, 0.4) is 0 Å². The fourth-order valence-corrected chi connectivity index (χ4v) is 3.09. The molecule has 1 unspecified atom stereocenters. The predicted octanol–water partition coefficient (Wildman–Crippen LogP) is 3.22. The van der Waals surface area contributed by atoms with Gasteiger partial charge in [-0.1, -0.05) is 29.3 Å². The third-order valence-electron chi connectivity index (χ3n) is 3.70. The van der Waals surface area contributed by atoms with Crippen LogP contribution in [0.2, 0.25) is 10.0 Å². The first-order chi connectivity index (χ1) is 10.4. The number of halogens is 2. The Morgan fingerprint density at radius 3 is 2.68 bits per heavy atom. The number of benzene rings is 1. The van der Waals surface area contributed by atoms with Crippen LogP contribution in [0.15, 0.2) is 23.0 Å². The van der Waals surface area contributed by atoms with Gasteiger partial charge in [-0.2, -0.15) is 0 Å². The summed E-state index contributed by atoms with van der Waals surface area (Å²) in [6.07, 6.45) is 0.158. The monoisotopic (exact) mass is 355 g/mol. The molecule has 5 nitrogen and oxygen atoms in total. The average molecular weight is 356 g/mol. The van der Waals surface area contributed by atoms with Crippen molar-refractivity contribution in [1.82, 2.24) is 9.55 Å². The quantitative estimate of drug-likeness (QED) is 0.771. The Hall–Kier alpha value is -1.63. The first kappa shape index (κ1) is 15.3. The predicted molar refractivity (Wildman–Crippen MR) is 88.4 cm³/mol. The van der Waals surface area contributed by atoms with E-state index in [0.29, 0.717) is 21.4 Å². The van der Waals surface area contributed by atoms with Crippen LogP contribution in [0.25, 0.3) is 0 Å². The molecule has 0 fully saturated rings. The van der Waals surface area contributed by atoms with Gasteiger partial charge in [0.15, 0.2) is 4.77 Å². The van der Waals surface area contributed by atoms with Crippen LogP contribution in [0.5, 0.6) is 0 Å². The lowest BCUT2D eigenvalue weighted by Gasteiger charge is -2.26. The van der Waals surface area contributed by atoms with Crippen LogP contribution in [-0.2, 0) is 11.8 Å². The average Bonchev–Trinajstić information content (AvgIpc) is 2.46. The SMILES string of the molecule is Cn1c2c(c(=O)[nH]c1=S)C(c1ccc(Cl)c(Cl)c1)CC(=O)N2. The number of hydrogen-bond donors (Lipinski definition) is 2. The largest absolute Gasteiger partial charge is 0.312 e. The summed E-state index contributed by atoms with van der Waals surface area (Å²) in [5.41, 5.74) is 0.913. The lowest BCUT2D eigenvalue weighted by Crippen LogP contribution is -2.33. The topological polar surface area (TPSA) is 66.9 Å². The smallest absolute Gasteiger partial charge is 0.257 e. The number of rotatable bonds is 1. The standard InChI is InChI=1S/C14H11Cl2N3O2S/c1-19-12-11(13(21)18-14(19)22)7(5-10(20)17-12)6-2-3-8(15)9(16)4-6/h2-4,7H,5H2,1H3,(H,17,20)(H,18,21,22). The van der Waals surface area contributed by atoms with E-state index in [2.05, 4.69) is 10.3 Å². The molecular formula is C14H11Cl2N3O2S. The summed E-state index contributed by atoms with van der Waals surface area (Å²) in [6.45, 7) is 0. The van der Waals surface area contributed by atoms with Gasteiger partial charge in [0, 0.05) is 19.4 Å². The molecule has 1 aromatic heterocycles. The minimum absolute atomic E-state index is 0.158. The maximum Gasteiger partial charge on any atom is 0.257 e. The van der Waals surface area contributed by atoms with E-state index in [4.69, 9.17) is 35.4 Å². The number of nitrogens with one attached hydrogen (secondary N) is 2. The zero-order chi connectivity index (χ0) is 16.0. The number of anilines is 1. The third kappa shape index (κ3) is 2.47. The lowest BCUT2D eigenvalue weighted by molar-refractivity contribution is -0.116. The van der Waals surface area contributed by atoms with Gasteiger partial charge in [0.25, 0.3) is 5.56 Å². The molecule has 0 radical (unpaired) electrons. The lowest BCUT2D eigenvalue weighted by atomic mass is 9.87. The van der Waals surface area contributed by atoms with Gasteiger partial charge in [-0.15, -0.1) is 0 Å². The fourth-order valence-electron chi connectivity index (χ4n) is 2.60. The van der Waals surface area contributed by atoms with Gasteiger partial charge in [-0.3, -0.25) is 14.6 Å². The number of nitrogens with zero attached hydrogens (tertiary/aromatic N) is 1. The second-order valence-electron chi connectivity index (χ2n) is 5.06. The van der Waals surface area contributed by atoms with E-state index >= 15 is 0 Å². The molecule has 8 heteroatoms.